The fourth-order valence-electron chi connectivity index (χ4n) is 2.19. The van der Waals surface area contributed by atoms with Gasteiger partial charge in [-0.1, -0.05) is 29.8 Å². The third-order valence-electron chi connectivity index (χ3n) is 3.33. The highest BCUT2D eigenvalue weighted by Gasteiger charge is 2.09. The van der Waals surface area contributed by atoms with Gasteiger partial charge in [0.15, 0.2) is 0 Å². The number of furan rings is 1. The average Bonchev–Trinajstić information content (AvgIpc) is 3.03. The Bertz CT molecular complexity index is 904. The van der Waals surface area contributed by atoms with E-state index >= 15 is 0 Å². The van der Waals surface area contributed by atoms with Crippen LogP contribution >= 0.6 is 11.6 Å². The summed E-state index contributed by atoms with van der Waals surface area (Å²) < 4.78 is 19.5. The molecule has 112 valence electrons. The van der Waals surface area contributed by atoms with E-state index in [1.165, 1.54) is 12.1 Å². The Morgan fingerprint density at radius 2 is 1.78 bits per heavy atom. The molecule has 0 spiro atoms. The Morgan fingerprint density at radius 3 is 2.48 bits per heavy atom. The van der Waals surface area contributed by atoms with Gasteiger partial charge in [0.1, 0.15) is 17.3 Å². The van der Waals surface area contributed by atoms with Gasteiger partial charge in [0, 0.05) is 16.1 Å². The quantitative estimate of drug-likeness (QED) is 0.571. The molecule has 3 rings (SSSR count). The molecule has 0 aliphatic carbocycles. The van der Waals surface area contributed by atoms with E-state index < -0.39 is 5.82 Å². The first-order valence-corrected chi connectivity index (χ1v) is 7.27. The van der Waals surface area contributed by atoms with E-state index in [1.807, 2.05) is 18.2 Å². The van der Waals surface area contributed by atoms with Crippen LogP contribution in [0.25, 0.3) is 23.0 Å². The van der Waals surface area contributed by atoms with Crippen molar-refractivity contribution in [2.75, 3.05) is 0 Å². The zero-order valence-corrected chi connectivity index (χ0v) is 12.7. The van der Waals surface area contributed by atoms with Crippen LogP contribution < -0.4 is 0 Å². The van der Waals surface area contributed by atoms with Crippen molar-refractivity contribution in [2.45, 2.75) is 0 Å². The van der Waals surface area contributed by atoms with Crippen LogP contribution in [0.2, 0.25) is 5.02 Å². The normalized spacial score (nSPS) is 11.3. The smallest absolute Gasteiger partial charge is 0.134 e. The Kier molecular flexibility index (Phi) is 4.27. The topological polar surface area (TPSA) is 36.9 Å². The molecule has 0 unspecified atom stereocenters. The molecule has 0 atom stereocenters. The first-order valence-electron chi connectivity index (χ1n) is 6.90. The van der Waals surface area contributed by atoms with Crippen molar-refractivity contribution < 1.29 is 8.81 Å². The zero-order chi connectivity index (χ0) is 16.2. The van der Waals surface area contributed by atoms with Crippen molar-refractivity contribution >= 4 is 23.3 Å². The van der Waals surface area contributed by atoms with E-state index in [0.717, 1.165) is 5.56 Å². The van der Waals surface area contributed by atoms with Crippen molar-refractivity contribution in [1.29, 1.82) is 5.26 Å². The van der Waals surface area contributed by atoms with Crippen molar-refractivity contribution in [2.24, 2.45) is 0 Å². The van der Waals surface area contributed by atoms with Gasteiger partial charge in [-0.3, -0.25) is 0 Å². The number of nitrogens with zero attached hydrogens (tertiary/aromatic N) is 1. The highest BCUT2D eigenvalue weighted by atomic mass is 35.5. The number of benzene rings is 2. The molecule has 0 aliphatic rings. The molecule has 0 aliphatic heterocycles. The molecule has 0 fully saturated rings. The minimum atomic E-state index is -0.440. The Balaban J connectivity index is 1.95. The maximum Gasteiger partial charge on any atom is 0.134 e. The van der Waals surface area contributed by atoms with Crippen molar-refractivity contribution in [1.82, 2.24) is 0 Å². The van der Waals surface area contributed by atoms with Crippen molar-refractivity contribution in [3.63, 3.8) is 0 Å². The third kappa shape index (κ3) is 3.33. The van der Waals surface area contributed by atoms with Crippen LogP contribution in [-0.2, 0) is 0 Å². The molecule has 1 aromatic heterocycles. The molecular formula is C19H11ClFNO. The SMILES string of the molecule is N#CC(=Cc1ccc(-c2ccc(Cl)cc2)o1)c1ccccc1F. The predicted molar refractivity (Wildman–Crippen MR) is 89.0 cm³/mol. The van der Waals surface area contributed by atoms with Crippen molar-refractivity contribution in [3.8, 4) is 17.4 Å². The predicted octanol–water partition coefficient (Wildman–Crippen LogP) is 5.80. The number of allylic oxidation sites excluding steroid dienone is 1. The van der Waals surface area contributed by atoms with Crippen LogP contribution in [-0.4, -0.2) is 0 Å². The van der Waals surface area contributed by atoms with Crippen LogP contribution in [0, 0.1) is 17.1 Å². The Hall–Kier alpha value is -2.83. The highest BCUT2D eigenvalue weighted by molar-refractivity contribution is 6.30. The summed E-state index contributed by atoms with van der Waals surface area (Å²) in [4.78, 5) is 0. The standard InChI is InChI=1S/C19H11ClFNO/c20-15-7-5-13(6-8-15)19-10-9-16(23-19)11-14(12-22)17-3-1-2-4-18(17)21/h1-11H. The molecule has 4 heteroatoms. The summed E-state index contributed by atoms with van der Waals surface area (Å²) in [7, 11) is 0. The number of nitriles is 1. The lowest BCUT2D eigenvalue weighted by molar-refractivity contribution is 0.572. The summed E-state index contributed by atoms with van der Waals surface area (Å²) in [6.07, 6.45) is 1.53. The molecule has 2 aromatic carbocycles. The molecule has 0 radical (unpaired) electrons. The maximum atomic E-state index is 13.8. The number of halogens is 2. The van der Waals surface area contributed by atoms with Crippen LogP contribution in [0.15, 0.2) is 65.1 Å². The summed E-state index contributed by atoms with van der Waals surface area (Å²) >= 11 is 5.86. The molecule has 1 heterocycles. The largest absolute Gasteiger partial charge is 0.457 e. The number of hydrogen-bond acceptors (Lipinski definition) is 2. The monoisotopic (exact) mass is 323 g/mol. The van der Waals surface area contributed by atoms with Crippen LogP contribution in [0.5, 0.6) is 0 Å². The molecule has 0 N–H and O–H groups in total. The van der Waals surface area contributed by atoms with Gasteiger partial charge in [0.25, 0.3) is 0 Å². The first-order chi connectivity index (χ1) is 11.2. The molecule has 2 nitrogen and oxygen atoms in total. The van der Waals surface area contributed by atoms with E-state index in [-0.39, 0.29) is 11.1 Å². The highest BCUT2D eigenvalue weighted by Crippen LogP contribution is 2.26. The van der Waals surface area contributed by atoms with Gasteiger partial charge in [0.2, 0.25) is 0 Å². The summed E-state index contributed by atoms with van der Waals surface area (Å²) in [5.41, 5.74) is 1.33. The molecule has 0 amide bonds. The summed E-state index contributed by atoms with van der Waals surface area (Å²) in [5, 5.41) is 9.92. The molecule has 0 saturated heterocycles. The van der Waals surface area contributed by atoms with E-state index in [0.29, 0.717) is 16.5 Å². The molecule has 23 heavy (non-hydrogen) atoms. The summed E-state index contributed by atoms with van der Waals surface area (Å²) in [5.74, 6) is 0.693. The van der Waals surface area contributed by atoms with E-state index in [2.05, 4.69) is 0 Å². The summed E-state index contributed by atoms with van der Waals surface area (Å²) in [6.45, 7) is 0. The van der Waals surface area contributed by atoms with Gasteiger partial charge >= 0.3 is 0 Å². The lowest BCUT2D eigenvalue weighted by Crippen LogP contribution is -1.86. The number of rotatable bonds is 3. The third-order valence-corrected chi connectivity index (χ3v) is 3.58. The minimum absolute atomic E-state index is 0.208. The van der Waals surface area contributed by atoms with Crippen LogP contribution in [0.1, 0.15) is 11.3 Å². The fourth-order valence-corrected chi connectivity index (χ4v) is 2.32. The lowest BCUT2D eigenvalue weighted by Gasteiger charge is -2.00. The second kappa shape index (κ2) is 6.51. The fraction of sp³-hybridized carbons (Fsp3) is 0. The Morgan fingerprint density at radius 1 is 1.04 bits per heavy atom. The number of hydrogen-bond donors (Lipinski definition) is 0. The zero-order valence-electron chi connectivity index (χ0n) is 12.0. The molecule has 0 bridgehead atoms. The molecule has 3 aromatic rings. The van der Waals surface area contributed by atoms with Gasteiger partial charge in [-0.25, -0.2) is 4.39 Å². The minimum Gasteiger partial charge on any atom is -0.457 e. The lowest BCUT2D eigenvalue weighted by atomic mass is 10.1. The Labute approximate surface area is 138 Å². The second-order valence-corrected chi connectivity index (χ2v) is 5.30. The van der Waals surface area contributed by atoms with Gasteiger partial charge < -0.3 is 4.42 Å². The average molecular weight is 324 g/mol. The van der Waals surface area contributed by atoms with E-state index in [1.54, 1.807) is 42.5 Å². The van der Waals surface area contributed by atoms with Crippen molar-refractivity contribution in [3.05, 3.63) is 82.8 Å². The van der Waals surface area contributed by atoms with Gasteiger partial charge in [-0.2, -0.15) is 5.26 Å². The van der Waals surface area contributed by atoms with E-state index in [4.69, 9.17) is 16.0 Å². The molecule has 0 saturated carbocycles. The second-order valence-electron chi connectivity index (χ2n) is 4.86. The van der Waals surface area contributed by atoms with Gasteiger partial charge in [0.05, 0.1) is 11.6 Å². The van der Waals surface area contributed by atoms with Crippen LogP contribution in [0.3, 0.4) is 0 Å². The van der Waals surface area contributed by atoms with Crippen LogP contribution in [0.4, 0.5) is 4.39 Å². The van der Waals surface area contributed by atoms with E-state index in [9.17, 15) is 9.65 Å². The molecular weight excluding hydrogens is 313 g/mol. The first kappa shape index (κ1) is 15.1. The van der Waals surface area contributed by atoms with Gasteiger partial charge in [-0.05, 0) is 48.5 Å². The summed E-state index contributed by atoms with van der Waals surface area (Å²) in [6, 6.07) is 18.9. The van der Waals surface area contributed by atoms with Gasteiger partial charge in [-0.15, -0.1) is 0 Å². The maximum absolute atomic E-state index is 13.8.